The number of ether oxygens (including phenoxy) is 1. The number of nitro benzene ring substituents is 1. The van der Waals surface area contributed by atoms with E-state index in [1.807, 2.05) is 11.0 Å². The molecular formula is C13H19FN2O3Sn. The number of morpholine rings is 1. The number of benzene rings is 1. The van der Waals surface area contributed by atoms with Gasteiger partial charge in [-0.3, -0.25) is 0 Å². The molecule has 110 valence electrons. The molecule has 1 aliphatic rings. The van der Waals surface area contributed by atoms with Gasteiger partial charge in [0.05, 0.1) is 0 Å². The van der Waals surface area contributed by atoms with Crippen LogP contribution in [0.5, 0.6) is 0 Å². The Hall–Kier alpha value is -0.891. The molecule has 5 nitrogen and oxygen atoms in total. The third kappa shape index (κ3) is 3.22. The van der Waals surface area contributed by atoms with E-state index in [4.69, 9.17) is 4.74 Å². The van der Waals surface area contributed by atoms with Gasteiger partial charge in [0.25, 0.3) is 0 Å². The van der Waals surface area contributed by atoms with Gasteiger partial charge in [0.15, 0.2) is 0 Å². The molecule has 0 unspecified atom stereocenters. The topological polar surface area (TPSA) is 55.6 Å². The van der Waals surface area contributed by atoms with E-state index in [2.05, 4.69) is 14.8 Å². The summed E-state index contributed by atoms with van der Waals surface area (Å²) in [6.07, 6.45) is 0. The van der Waals surface area contributed by atoms with Crippen LogP contribution in [0.1, 0.15) is 0 Å². The Morgan fingerprint density at radius 1 is 1.30 bits per heavy atom. The zero-order chi connectivity index (χ0) is 14.9. The molecule has 0 bridgehead atoms. The molecular weight excluding hydrogens is 370 g/mol. The molecule has 2 rings (SSSR count). The summed E-state index contributed by atoms with van der Waals surface area (Å²) < 4.78 is 20.4. The Morgan fingerprint density at radius 2 is 1.90 bits per heavy atom. The molecule has 0 amide bonds. The van der Waals surface area contributed by atoms with Crippen LogP contribution in [0, 0.1) is 15.9 Å². The number of hydrogen-bond donors (Lipinski definition) is 0. The summed E-state index contributed by atoms with van der Waals surface area (Å²) in [5.41, 5.74) is -0.00823. The average molecular weight is 389 g/mol. The predicted molar refractivity (Wildman–Crippen MR) is 79.1 cm³/mol. The maximum absolute atomic E-state index is 14.2. The third-order valence-corrected chi connectivity index (χ3v) is 9.21. The van der Waals surface area contributed by atoms with Crippen molar-refractivity contribution in [3.05, 3.63) is 28.1 Å². The van der Waals surface area contributed by atoms with E-state index in [9.17, 15) is 14.5 Å². The Labute approximate surface area is 121 Å². The van der Waals surface area contributed by atoms with Crippen molar-refractivity contribution in [3.63, 3.8) is 0 Å². The van der Waals surface area contributed by atoms with Crippen LogP contribution in [0.15, 0.2) is 12.1 Å². The Balaban J connectivity index is 2.55. The van der Waals surface area contributed by atoms with Gasteiger partial charge in [-0.25, -0.2) is 0 Å². The second kappa shape index (κ2) is 5.85. The molecule has 20 heavy (non-hydrogen) atoms. The van der Waals surface area contributed by atoms with Gasteiger partial charge in [0.2, 0.25) is 0 Å². The quantitative estimate of drug-likeness (QED) is 0.452. The summed E-state index contributed by atoms with van der Waals surface area (Å²) in [6.45, 7) is 2.15. The summed E-state index contributed by atoms with van der Waals surface area (Å²) in [6, 6.07) is 3.18. The van der Waals surface area contributed by atoms with Crippen molar-refractivity contribution in [2.24, 2.45) is 0 Å². The predicted octanol–water partition coefficient (Wildman–Crippen LogP) is 2.12. The third-order valence-electron chi connectivity index (χ3n) is 3.44. The first-order chi connectivity index (χ1) is 9.30. The van der Waals surface area contributed by atoms with Crippen LogP contribution in [0.2, 0.25) is 14.8 Å². The van der Waals surface area contributed by atoms with Crippen LogP contribution in [-0.2, 0) is 4.74 Å². The van der Waals surface area contributed by atoms with Gasteiger partial charge in [0, 0.05) is 0 Å². The van der Waals surface area contributed by atoms with Crippen molar-refractivity contribution < 1.29 is 14.1 Å². The second-order valence-corrected chi connectivity index (χ2v) is 20.4. The minimum absolute atomic E-state index is 0.403. The van der Waals surface area contributed by atoms with Gasteiger partial charge in [-0.15, -0.1) is 0 Å². The van der Waals surface area contributed by atoms with Gasteiger partial charge in [-0.05, 0) is 0 Å². The van der Waals surface area contributed by atoms with Crippen LogP contribution < -0.4 is 8.48 Å². The van der Waals surface area contributed by atoms with E-state index in [0.717, 1.165) is 3.58 Å². The first kappa shape index (κ1) is 15.5. The summed E-state index contributed by atoms with van der Waals surface area (Å²) in [5.74, 6) is -0.722. The summed E-state index contributed by atoms with van der Waals surface area (Å²) in [5, 5.41) is 11.2. The second-order valence-electron chi connectivity index (χ2n) is 5.93. The van der Waals surface area contributed by atoms with Crippen LogP contribution in [0.4, 0.5) is 15.8 Å². The number of hydrogen-bond acceptors (Lipinski definition) is 4. The number of nitrogens with zero attached hydrogens (tertiary/aromatic N) is 2. The van der Waals surface area contributed by atoms with Crippen molar-refractivity contribution >= 4 is 33.3 Å². The molecule has 1 aliphatic heterocycles. The van der Waals surface area contributed by atoms with E-state index < -0.39 is 34.8 Å². The maximum atomic E-state index is 14.2. The molecule has 0 aromatic heterocycles. The summed E-state index contributed by atoms with van der Waals surface area (Å²) >= 11 is -2.49. The number of nitro groups is 1. The molecule has 0 radical (unpaired) electrons. The fourth-order valence-electron chi connectivity index (χ4n) is 2.24. The normalized spacial score (nSPS) is 16.3. The average Bonchev–Trinajstić information content (AvgIpc) is 2.37. The first-order valence-electron chi connectivity index (χ1n) is 6.62. The van der Waals surface area contributed by atoms with Crippen molar-refractivity contribution in [2.75, 3.05) is 31.2 Å². The molecule has 0 atom stereocenters. The van der Waals surface area contributed by atoms with Gasteiger partial charge in [0.1, 0.15) is 0 Å². The monoisotopic (exact) mass is 390 g/mol. The molecule has 1 aromatic rings. The van der Waals surface area contributed by atoms with E-state index >= 15 is 0 Å². The van der Waals surface area contributed by atoms with Crippen molar-refractivity contribution in [1.82, 2.24) is 0 Å². The van der Waals surface area contributed by atoms with Crippen LogP contribution in [0.25, 0.3) is 0 Å². The zero-order valence-corrected chi connectivity index (χ0v) is 14.8. The number of rotatable bonds is 3. The Bertz CT molecular complexity index is 525. The minimum atomic E-state index is -2.49. The van der Waals surface area contributed by atoms with Gasteiger partial charge in [-0.1, -0.05) is 0 Å². The van der Waals surface area contributed by atoms with Crippen LogP contribution in [0.3, 0.4) is 0 Å². The van der Waals surface area contributed by atoms with E-state index in [0.29, 0.717) is 32.0 Å². The van der Waals surface area contributed by atoms with Crippen molar-refractivity contribution in [1.29, 1.82) is 0 Å². The zero-order valence-electron chi connectivity index (χ0n) is 12.0. The number of halogens is 1. The molecule has 1 saturated heterocycles. The molecule has 1 aromatic carbocycles. The molecule has 1 fully saturated rings. The van der Waals surface area contributed by atoms with Gasteiger partial charge < -0.3 is 0 Å². The Kier molecular flexibility index (Phi) is 4.53. The molecule has 0 spiro atoms. The summed E-state index contributed by atoms with van der Waals surface area (Å²) in [4.78, 5) is 18.9. The van der Waals surface area contributed by atoms with E-state index in [1.165, 1.54) is 6.07 Å². The number of anilines is 1. The van der Waals surface area contributed by atoms with Gasteiger partial charge in [-0.2, -0.15) is 0 Å². The fourth-order valence-corrected chi connectivity index (χ4v) is 5.47. The SMILES string of the molecule is [CH3][Sn]([CH3])([CH3])[c]1cc(F)c([N+](=O)[O-])c(N2CCOCC2)c1. The molecule has 0 N–H and O–H groups in total. The van der Waals surface area contributed by atoms with Crippen molar-refractivity contribution in [3.8, 4) is 0 Å². The molecule has 0 aliphatic carbocycles. The van der Waals surface area contributed by atoms with Crippen LogP contribution >= 0.6 is 0 Å². The standard InChI is InChI=1S/C10H10FN2O3.3CH3.Sn/c11-8-2-1-3-9(10(8)13(14)15)12-4-6-16-7-5-12;;;;/h2-3H,4-7H2;3*1H3;. The van der Waals surface area contributed by atoms with Crippen molar-refractivity contribution in [2.45, 2.75) is 14.8 Å². The Morgan fingerprint density at radius 3 is 2.40 bits per heavy atom. The van der Waals surface area contributed by atoms with Gasteiger partial charge >= 0.3 is 121 Å². The fraction of sp³-hybridized carbons (Fsp3) is 0.538. The molecule has 1 heterocycles. The first-order valence-corrected chi connectivity index (χ1v) is 16.6. The van der Waals surface area contributed by atoms with E-state index in [1.54, 1.807) is 0 Å². The molecule has 0 saturated carbocycles. The van der Waals surface area contributed by atoms with Crippen LogP contribution in [-0.4, -0.2) is 49.6 Å². The van der Waals surface area contributed by atoms with E-state index in [-0.39, 0.29) is 0 Å². The molecule has 7 heteroatoms. The summed E-state index contributed by atoms with van der Waals surface area (Å²) in [7, 11) is 0.